The summed E-state index contributed by atoms with van der Waals surface area (Å²) < 4.78 is 8.10. The molecule has 0 spiro atoms. The summed E-state index contributed by atoms with van der Waals surface area (Å²) in [6.07, 6.45) is 3.16. The van der Waals surface area contributed by atoms with Crippen molar-refractivity contribution in [1.29, 1.82) is 0 Å². The molecule has 3 aromatic carbocycles. The molecule has 0 bridgehead atoms. The van der Waals surface area contributed by atoms with E-state index in [0.29, 0.717) is 40.5 Å². The number of ether oxygens (including phenoxy) is 1. The Morgan fingerprint density at radius 2 is 1.97 bits per heavy atom. The van der Waals surface area contributed by atoms with E-state index in [1.165, 1.54) is 4.68 Å². The summed E-state index contributed by atoms with van der Waals surface area (Å²) >= 11 is 9.63. The molecule has 1 aromatic heterocycles. The number of halogens is 2. The molecule has 0 saturated heterocycles. The monoisotopic (exact) mass is 509 g/mol. The standard InChI is InChI=1S/C25H21BrClN3O2/c1-2-6-24-29-23-12-11-19(26)14-21(23)25(31)30(24)28-15-17-7-5-9-20(13-17)32-16-18-8-3-4-10-22(18)27/h3-5,7-15H,2,6,16H2,1H3. The molecule has 0 saturated carbocycles. The van der Waals surface area contributed by atoms with Crippen LogP contribution in [0.3, 0.4) is 0 Å². The van der Waals surface area contributed by atoms with Crippen molar-refractivity contribution < 1.29 is 4.74 Å². The Kier molecular flexibility index (Phi) is 7.02. The predicted molar refractivity (Wildman–Crippen MR) is 133 cm³/mol. The van der Waals surface area contributed by atoms with Gasteiger partial charge in [0.15, 0.2) is 0 Å². The minimum atomic E-state index is -0.192. The fourth-order valence-electron chi connectivity index (χ4n) is 3.28. The first kappa shape index (κ1) is 22.2. The zero-order chi connectivity index (χ0) is 22.5. The van der Waals surface area contributed by atoms with E-state index in [0.717, 1.165) is 22.0 Å². The molecule has 4 rings (SSSR count). The van der Waals surface area contributed by atoms with Crippen LogP contribution in [-0.4, -0.2) is 15.9 Å². The van der Waals surface area contributed by atoms with Crippen molar-refractivity contribution in [3.05, 3.63) is 104 Å². The van der Waals surface area contributed by atoms with Crippen molar-refractivity contribution in [2.75, 3.05) is 0 Å². The molecule has 4 aromatic rings. The van der Waals surface area contributed by atoms with Gasteiger partial charge in [0.2, 0.25) is 0 Å². The van der Waals surface area contributed by atoms with Crippen LogP contribution in [0.2, 0.25) is 5.02 Å². The molecule has 5 nitrogen and oxygen atoms in total. The van der Waals surface area contributed by atoms with Gasteiger partial charge in [0.25, 0.3) is 5.56 Å². The second-order valence-electron chi connectivity index (χ2n) is 7.25. The number of hydrogen-bond acceptors (Lipinski definition) is 4. The van der Waals surface area contributed by atoms with E-state index in [1.54, 1.807) is 12.3 Å². The summed E-state index contributed by atoms with van der Waals surface area (Å²) in [5, 5.41) is 5.66. The Labute approximate surface area is 199 Å². The summed E-state index contributed by atoms with van der Waals surface area (Å²) in [5.41, 5.74) is 2.20. The van der Waals surface area contributed by atoms with Crippen LogP contribution < -0.4 is 10.3 Å². The first-order chi connectivity index (χ1) is 15.5. The maximum atomic E-state index is 13.1. The van der Waals surface area contributed by atoms with E-state index in [4.69, 9.17) is 16.3 Å². The van der Waals surface area contributed by atoms with Crippen LogP contribution in [0.4, 0.5) is 0 Å². The minimum Gasteiger partial charge on any atom is -0.489 e. The highest BCUT2D eigenvalue weighted by Gasteiger charge is 2.10. The number of hydrogen-bond donors (Lipinski definition) is 0. The van der Waals surface area contributed by atoms with Crippen molar-refractivity contribution in [2.24, 2.45) is 5.10 Å². The molecule has 1 heterocycles. The van der Waals surface area contributed by atoms with Gasteiger partial charge in [-0.05, 0) is 48.4 Å². The maximum Gasteiger partial charge on any atom is 0.282 e. The lowest BCUT2D eigenvalue weighted by atomic mass is 10.2. The van der Waals surface area contributed by atoms with E-state index in [9.17, 15) is 4.79 Å². The van der Waals surface area contributed by atoms with E-state index in [-0.39, 0.29) is 5.56 Å². The van der Waals surface area contributed by atoms with Gasteiger partial charge in [0.1, 0.15) is 18.2 Å². The number of benzene rings is 3. The normalized spacial score (nSPS) is 11.3. The van der Waals surface area contributed by atoms with Crippen LogP contribution in [0.15, 0.2) is 81.1 Å². The van der Waals surface area contributed by atoms with Crippen LogP contribution >= 0.6 is 27.5 Å². The Morgan fingerprint density at radius 1 is 1.12 bits per heavy atom. The highest BCUT2D eigenvalue weighted by atomic mass is 79.9. The van der Waals surface area contributed by atoms with Gasteiger partial charge in [-0.15, -0.1) is 0 Å². The van der Waals surface area contributed by atoms with Gasteiger partial charge in [0.05, 0.1) is 17.1 Å². The fourth-order valence-corrected chi connectivity index (χ4v) is 3.84. The lowest BCUT2D eigenvalue weighted by Gasteiger charge is -2.09. The minimum absolute atomic E-state index is 0.192. The van der Waals surface area contributed by atoms with E-state index in [1.807, 2.05) is 67.6 Å². The van der Waals surface area contributed by atoms with E-state index in [2.05, 4.69) is 26.0 Å². The molecule has 0 atom stereocenters. The van der Waals surface area contributed by atoms with Crippen molar-refractivity contribution in [1.82, 2.24) is 9.66 Å². The molecule has 0 aliphatic rings. The number of nitrogens with zero attached hydrogens (tertiary/aromatic N) is 3. The van der Waals surface area contributed by atoms with Crippen LogP contribution in [0, 0.1) is 0 Å². The fraction of sp³-hybridized carbons (Fsp3) is 0.160. The Balaban J connectivity index is 1.62. The van der Waals surface area contributed by atoms with Gasteiger partial charge in [-0.1, -0.05) is 64.8 Å². The van der Waals surface area contributed by atoms with E-state index >= 15 is 0 Å². The number of rotatable bonds is 7. The molecule has 32 heavy (non-hydrogen) atoms. The molecular weight excluding hydrogens is 490 g/mol. The summed E-state index contributed by atoms with van der Waals surface area (Å²) in [4.78, 5) is 17.8. The molecule has 0 unspecified atom stereocenters. The number of aromatic nitrogens is 2. The zero-order valence-electron chi connectivity index (χ0n) is 17.5. The van der Waals surface area contributed by atoms with Gasteiger partial charge in [-0.3, -0.25) is 4.79 Å². The topological polar surface area (TPSA) is 56.5 Å². The summed E-state index contributed by atoms with van der Waals surface area (Å²) in [5.74, 6) is 1.32. The number of fused-ring (bicyclic) bond motifs is 1. The van der Waals surface area contributed by atoms with Gasteiger partial charge in [-0.25, -0.2) is 4.98 Å². The van der Waals surface area contributed by atoms with Gasteiger partial charge >= 0.3 is 0 Å². The molecule has 0 amide bonds. The third kappa shape index (κ3) is 5.09. The zero-order valence-corrected chi connectivity index (χ0v) is 19.8. The number of aryl methyl sites for hydroxylation is 1. The summed E-state index contributed by atoms with van der Waals surface area (Å²) in [7, 11) is 0. The highest BCUT2D eigenvalue weighted by molar-refractivity contribution is 9.10. The molecule has 0 fully saturated rings. The van der Waals surface area contributed by atoms with Gasteiger partial charge < -0.3 is 4.74 Å². The lowest BCUT2D eigenvalue weighted by Crippen LogP contribution is -2.22. The third-order valence-electron chi connectivity index (χ3n) is 4.88. The summed E-state index contributed by atoms with van der Waals surface area (Å²) in [6.45, 7) is 2.41. The van der Waals surface area contributed by atoms with Gasteiger partial charge in [0, 0.05) is 21.5 Å². The Morgan fingerprint density at radius 3 is 2.78 bits per heavy atom. The molecule has 0 radical (unpaired) electrons. The predicted octanol–water partition coefficient (Wildman–Crippen LogP) is 6.23. The van der Waals surface area contributed by atoms with Gasteiger partial charge in [-0.2, -0.15) is 9.78 Å². The lowest BCUT2D eigenvalue weighted by molar-refractivity contribution is 0.306. The Bertz CT molecular complexity index is 1350. The largest absolute Gasteiger partial charge is 0.489 e. The van der Waals surface area contributed by atoms with Crippen molar-refractivity contribution >= 4 is 44.6 Å². The molecule has 0 N–H and O–H groups in total. The van der Waals surface area contributed by atoms with Crippen LogP contribution in [0.5, 0.6) is 5.75 Å². The quantitative estimate of drug-likeness (QED) is 0.277. The molecule has 162 valence electrons. The van der Waals surface area contributed by atoms with Crippen LogP contribution in [0.25, 0.3) is 10.9 Å². The van der Waals surface area contributed by atoms with Crippen molar-refractivity contribution in [3.63, 3.8) is 0 Å². The SMILES string of the molecule is CCCc1nc2ccc(Br)cc2c(=O)n1N=Cc1cccc(OCc2ccccc2Cl)c1. The van der Waals surface area contributed by atoms with Crippen LogP contribution in [-0.2, 0) is 13.0 Å². The second-order valence-corrected chi connectivity index (χ2v) is 8.58. The highest BCUT2D eigenvalue weighted by Crippen LogP contribution is 2.20. The summed E-state index contributed by atoms with van der Waals surface area (Å²) in [6, 6.07) is 20.6. The average Bonchev–Trinajstić information content (AvgIpc) is 2.79. The molecular formula is C25H21BrClN3O2. The van der Waals surface area contributed by atoms with E-state index < -0.39 is 0 Å². The van der Waals surface area contributed by atoms with Crippen LogP contribution in [0.1, 0.15) is 30.3 Å². The Hall–Kier alpha value is -2.96. The first-order valence-electron chi connectivity index (χ1n) is 10.3. The second kappa shape index (κ2) is 10.1. The molecule has 7 heteroatoms. The van der Waals surface area contributed by atoms with Crippen molar-refractivity contribution in [2.45, 2.75) is 26.4 Å². The van der Waals surface area contributed by atoms with Crippen molar-refractivity contribution in [3.8, 4) is 5.75 Å². The molecule has 0 aliphatic carbocycles. The molecule has 0 aliphatic heterocycles. The maximum absolute atomic E-state index is 13.1. The first-order valence-corrected chi connectivity index (χ1v) is 11.4. The third-order valence-corrected chi connectivity index (χ3v) is 5.74. The average molecular weight is 511 g/mol. The smallest absolute Gasteiger partial charge is 0.282 e.